The molecule has 7 heteroatoms. The summed E-state index contributed by atoms with van der Waals surface area (Å²) in [4.78, 5) is 14.1. The Kier molecular flexibility index (Phi) is 8.63. The van der Waals surface area contributed by atoms with Crippen molar-refractivity contribution in [2.24, 2.45) is 5.10 Å². The predicted octanol–water partition coefficient (Wildman–Crippen LogP) is 2.79. The molecule has 1 fully saturated rings. The quantitative estimate of drug-likeness (QED) is 0.361. The Hall–Kier alpha value is -3.16. The Bertz CT molecular complexity index is 893. The van der Waals surface area contributed by atoms with Crippen LogP contribution >= 0.6 is 0 Å². The molecular formula is C24H29N3O4. The lowest BCUT2D eigenvalue weighted by Crippen LogP contribution is -2.42. The van der Waals surface area contributed by atoms with E-state index < -0.39 is 0 Å². The summed E-state index contributed by atoms with van der Waals surface area (Å²) in [5, 5.41) is 4.10. The summed E-state index contributed by atoms with van der Waals surface area (Å²) in [5.74, 6) is 1.13. The van der Waals surface area contributed by atoms with Gasteiger partial charge in [0.15, 0.2) is 11.5 Å². The summed E-state index contributed by atoms with van der Waals surface area (Å²) in [6, 6.07) is 13.8. The monoisotopic (exact) mass is 423 g/mol. The molecule has 2 aromatic rings. The number of morpholine rings is 1. The second kappa shape index (κ2) is 11.9. The fourth-order valence-corrected chi connectivity index (χ4v) is 3.29. The zero-order valence-electron chi connectivity index (χ0n) is 17.9. The number of carbonyl (C=O) groups is 1. The molecule has 1 N–H and O–H groups in total. The highest BCUT2D eigenvalue weighted by Gasteiger charge is 2.14. The van der Waals surface area contributed by atoms with Crippen LogP contribution in [0.25, 0.3) is 0 Å². The molecule has 31 heavy (non-hydrogen) atoms. The minimum atomic E-state index is -0.153. The topological polar surface area (TPSA) is 72.4 Å². The van der Waals surface area contributed by atoms with Crippen LogP contribution in [0.1, 0.15) is 16.7 Å². The van der Waals surface area contributed by atoms with E-state index in [1.165, 1.54) is 0 Å². The first-order valence-electron chi connectivity index (χ1n) is 10.3. The molecule has 0 aromatic heterocycles. The highest BCUT2D eigenvalue weighted by atomic mass is 16.5. The molecule has 0 spiro atoms. The second-order valence-electron chi connectivity index (χ2n) is 7.16. The van der Waals surface area contributed by atoms with Crippen LogP contribution in [0.3, 0.4) is 0 Å². The van der Waals surface area contributed by atoms with Gasteiger partial charge in [0, 0.05) is 18.7 Å². The molecule has 0 aliphatic carbocycles. The molecule has 2 aromatic carbocycles. The summed E-state index contributed by atoms with van der Waals surface area (Å²) in [6.45, 7) is 7.40. The third kappa shape index (κ3) is 6.94. The number of hydrazone groups is 1. The number of ether oxygens (including phenoxy) is 3. The molecule has 1 aliphatic heterocycles. The van der Waals surface area contributed by atoms with Crippen molar-refractivity contribution in [1.82, 2.24) is 10.3 Å². The molecule has 0 bridgehead atoms. The third-order valence-electron chi connectivity index (χ3n) is 4.84. The van der Waals surface area contributed by atoms with Gasteiger partial charge in [-0.15, -0.1) is 6.58 Å². The standard InChI is InChI=1S/C24H29N3O4/c1-3-7-21-14-20(16-25-26-23(28)17-27-10-12-30-13-11-27)15-22(29-2)24(21)31-18-19-8-5-4-6-9-19/h3-6,8-9,14-16H,1,7,10-13,17-18H2,2H3,(H,26,28)/b25-16+. The van der Waals surface area contributed by atoms with E-state index >= 15 is 0 Å². The van der Waals surface area contributed by atoms with Crippen molar-refractivity contribution in [3.63, 3.8) is 0 Å². The van der Waals surface area contributed by atoms with Crippen LogP contribution in [0.2, 0.25) is 0 Å². The van der Waals surface area contributed by atoms with Crippen LogP contribution < -0.4 is 14.9 Å². The Morgan fingerprint density at radius 2 is 2.03 bits per heavy atom. The number of carbonyl (C=O) groups excluding carboxylic acids is 1. The molecule has 1 heterocycles. The van der Waals surface area contributed by atoms with Crippen molar-refractivity contribution in [3.8, 4) is 11.5 Å². The second-order valence-corrected chi connectivity index (χ2v) is 7.16. The van der Waals surface area contributed by atoms with Crippen LogP contribution in [0, 0.1) is 0 Å². The van der Waals surface area contributed by atoms with E-state index in [-0.39, 0.29) is 5.91 Å². The molecule has 1 amide bonds. The van der Waals surface area contributed by atoms with Crippen LogP contribution in [0.5, 0.6) is 11.5 Å². The summed E-state index contributed by atoms with van der Waals surface area (Å²) in [5.41, 5.74) is 5.39. The minimum absolute atomic E-state index is 0.153. The average molecular weight is 424 g/mol. The first-order chi connectivity index (χ1) is 15.2. The molecule has 0 radical (unpaired) electrons. The van der Waals surface area contributed by atoms with E-state index in [2.05, 4.69) is 17.1 Å². The zero-order chi connectivity index (χ0) is 21.9. The van der Waals surface area contributed by atoms with Crippen molar-refractivity contribution < 1.29 is 19.0 Å². The molecule has 0 unspecified atom stereocenters. The number of methoxy groups -OCH3 is 1. The predicted molar refractivity (Wildman–Crippen MR) is 121 cm³/mol. The molecule has 3 rings (SSSR count). The smallest absolute Gasteiger partial charge is 0.254 e. The van der Waals surface area contributed by atoms with Gasteiger partial charge in [-0.2, -0.15) is 5.10 Å². The van der Waals surface area contributed by atoms with Crippen LogP contribution in [0.4, 0.5) is 0 Å². The Morgan fingerprint density at radius 1 is 1.26 bits per heavy atom. The SMILES string of the molecule is C=CCc1cc(/C=N/NC(=O)CN2CCOCC2)cc(OC)c1OCc1ccccc1. The normalized spacial score (nSPS) is 14.4. The van der Waals surface area contributed by atoms with Crippen LogP contribution in [0.15, 0.2) is 60.2 Å². The average Bonchev–Trinajstić information content (AvgIpc) is 2.79. The number of hydrogen-bond donors (Lipinski definition) is 1. The van der Waals surface area contributed by atoms with Gasteiger partial charge in [-0.25, -0.2) is 5.43 Å². The number of benzene rings is 2. The number of nitrogens with zero attached hydrogens (tertiary/aromatic N) is 2. The number of allylic oxidation sites excluding steroid dienone is 1. The van der Waals surface area contributed by atoms with Gasteiger partial charge in [0.1, 0.15) is 6.61 Å². The van der Waals surface area contributed by atoms with Crippen molar-refractivity contribution in [2.45, 2.75) is 13.0 Å². The molecule has 164 valence electrons. The highest BCUT2D eigenvalue weighted by molar-refractivity contribution is 5.84. The lowest BCUT2D eigenvalue weighted by Gasteiger charge is -2.25. The van der Waals surface area contributed by atoms with Gasteiger partial charge in [0.25, 0.3) is 5.91 Å². The molecule has 0 saturated carbocycles. The van der Waals surface area contributed by atoms with Crippen molar-refractivity contribution in [2.75, 3.05) is 40.0 Å². The summed E-state index contributed by atoms with van der Waals surface area (Å²) in [7, 11) is 1.60. The van der Waals surface area contributed by atoms with Crippen LogP contribution in [-0.4, -0.2) is 57.0 Å². The first-order valence-corrected chi connectivity index (χ1v) is 10.3. The highest BCUT2D eigenvalue weighted by Crippen LogP contribution is 2.34. The van der Waals surface area contributed by atoms with Gasteiger partial charge in [-0.05, 0) is 29.7 Å². The van der Waals surface area contributed by atoms with Gasteiger partial charge in [-0.1, -0.05) is 36.4 Å². The Labute approximate surface area is 183 Å². The maximum absolute atomic E-state index is 12.1. The lowest BCUT2D eigenvalue weighted by atomic mass is 10.1. The van der Waals surface area contributed by atoms with E-state index in [0.29, 0.717) is 44.3 Å². The molecule has 1 aliphatic rings. The van der Waals surface area contributed by atoms with E-state index in [0.717, 1.165) is 29.8 Å². The molecule has 1 saturated heterocycles. The summed E-state index contributed by atoms with van der Waals surface area (Å²) < 4.78 is 16.9. The van der Waals surface area contributed by atoms with Gasteiger partial charge in [-0.3, -0.25) is 9.69 Å². The maximum Gasteiger partial charge on any atom is 0.254 e. The third-order valence-corrected chi connectivity index (χ3v) is 4.84. The van der Waals surface area contributed by atoms with E-state index in [1.54, 1.807) is 13.3 Å². The van der Waals surface area contributed by atoms with Gasteiger partial charge in [0.05, 0.1) is 33.1 Å². The molecule has 7 nitrogen and oxygen atoms in total. The first kappa shape index (κ1) is 22.5. The Morgan fingerprint density at radius 3 is 2.74 bits per heavy atom. The minimum Gasteiger partial charge on any atom is -0.493 e. The molecule has 0 atom stereocenters. The van der Waals surface area contributed by atoms with E-state index in [9.17, 15) is 4.79 Å². The van der Waals surface area contributed by atoms with Crippen molar-refractivity contribution in [1.29, 1.82) is 0 Å². The van der Waals surface area contributed by atoms with Gasteiger partial charge in [0.2, 0.25) is 0 Å². The Balaban J connectivity index is 1.67. The number of amides is 1. The van der Waals surface area contributed by atoms with E-state index in [1.807, 2.05) is 53.4 Å². The largest absolute Gasteiger partial charge is 0.493 e. The summed E-state index contributed by atoms with van der Waals surface area (Å²) >= 11 is 0. The summed E-state index contributed by atoms with van der Waals surface area (Å²) in [6.07, 6.45) is 4.04. The number of nitrogens with one attached hydrogen (secondary N) is 1. The number of rotatable bonds is 10. The zero-order valence-corrected chi connectivity index (χ0v) is 17.9. The number of hydrogen-bond acceptors (Lipinski definition) is 6. The van der Waals surface area contributed by atoms with Crippen LogP contribution in [-0.2, 0) is 22.6 Å². The van der Waals surface area contributed by atoms with Crippen molar-refractivity contribution >= 4 is 12.1 Å². The van der Waals surface area contributed by atoms with Crippen molar-refractivity contribution in [3.05, 3.63) is 71.8 Å². The lowest BCUT2D eigenvalue weighted by molar-refractivity contribution is -0.123. The van der Waals surface area contributed by atoms with E-state index in [4.69, 9.17) is 14.2 Å². The molecular weight excluding hydrogens is 394 g/mol. The maximum atomic E-state index is 12.1. The van der Waals surface area contributed by atoms with Gasteiger partial charge < -0.3 is 14.2 Å². The fraction of sp³-hybridized carbons (Fsp3) is 0.333. The fourth-order valence-electron chi connectivity index (χ4n) is 3.29. The van der Waals surface area contributed by atoms with Gasteiger partial charge >= 0.3 is 0 Å².